The summed E-state index contributed by atoms with van der Waals surface area (Å²) in [4.78, 5) is 30.8. The summed E-state index contributed by atoms with van der Waals surface area (Å²) in [6, 6.07) is 0. The second-order valence-electron chi connectivity index (χ2n) is 7.86. The lowest BCUT2D eigenvalue weighted by molar-refractivity contribution is -0.140. The van der Waals surface area contributed by atoms with Gasteiger partial charge in [-0.05, 0) is 24.7 Å². The molecular weight excluding hydrogens is 394 g/mol. The van der Waals surface area contributed by atoms with Crippen molar-refractivity contribution in [1.29, 1.82) is 0 Å². The van der Waals surface area contributed by atoms with Gasteiger partial charge in [-0.15, -0.1) is 0 Å². The summed E-state index contributed by atoms with van der Waals surface area (Å²) in [5, 5.41) is 6.25. The number of amides is 2. The first-order chi connectivity index (χ1) is 13.8. The zero-order valence-corrected chi connectivity index (χ0v) is 18.1. The molecule has 1 saturated heterocycles. The van der Waals surface area contributed by atoms with Crippen LogP contribution in [0.1, 0.15) is 19.8 Å². The summed E-state index contributed by atoms with van der Waals surface area (Å²) in [5.41, 5.74) is 0. The Balaban J connectivity index is 1.39. The number of imide groups is 1. The molecular formula is C19H31N5O4S. The van der Waals surface area contributed by atoms with Gasteiger partial charge in [0.2, 0.25) is 21.8 Å². The maximum absolute atomic E-state index is 12.7. The van der Waals surface area contributed by atoms with Crippen LogP contribution < -0.4 is 10.6 Å². The third kappa shape index (κ3) is 4.48. The predicted octanol–water partition coefficient (Wildman–Crippen LogP) is -0.370. The van der Waals surface area contributed by atoms with Crippen molar-refractivity contribution in [3.05, 3.63) is 12.2 Å². The van der Waals surface area contributed by atoms with Gasteiger partial charge in [-0.25, -0.2) is 12.7 Å². The second kappa shape index (κ2) is 8.83. The number of nitrogens with one attached hydrogen (secondary N) is 2. The van der Waals surface area contributed by atoms with Crippen molar-refractivity contribution in [2.45, 2.75) is 19.8 Å². The lowest BCUT2D eigenvalue weighted by atomic mass is 9.85. The van der Waals surface area contributed by atoms with Gasteiger partial charge in [0.1, 0.15) is 0 Å². The average Bonchev–Trinajstić information content (AvgIpc) is 3.34. The first-order valence-corrected chi connectivity index (χ1v) is 12.1. The monoisotopic (exact) mass is 425 g/mol. The van der Waals surface area contributed by atoms with Crippen LogP contribution in [0.2, 0.25) is 0 Å². The number of sulfonamides is 1. The van der Waals surface area contributed by atoms with E-state index in [1.54, 1.807) is 7.05 Å². The van der Waals surface area contributed by atoms with E-state index in [1.807, 2.05) is 6.92 Å². The molecule has 29 heavy (non-hydrogen) atoms. The Morgan fingerprint density at radius 2 is 1.76 bits per heavy atom. The molecule has 1 saturated carbocycles. The number of guanidine groups is 1. The van der Waals surface area contributed by atoms with Crippen molar-refractivity contribution >= 4 is 27.8 Å². The van der Waals surface area contributed by atoms with Crippen LogP contribution in [0.4, 0.5) is 0 Å². The van der Waals surface area contributed by atoms with Crippen molar-refractivity contribution in [2.75, 3.05) is 46.0 Å². The van der Waals surface area contributed by atoms with Crippen LogP contribution in [0.15, 0.2) is 17.1 Å². The Morgan fingerprint density at radius 1 is 1.17 bits per heavy atom. The van der Waals surface area contributed by atoms with Crippen LogP contribution in [-0.2, 0) is 19.6 Å². The molecule has 2 fully saturated rings. The molecule has 10 heteroatoms. The summed E-state index contributed by atoms with van der Waals surface area (Å²) in [6.45, 7) is 4.00. The number of hydrogen-bond donors (Lipinski definition) is 2. The molecule has 0 radical (unpaired) electrons. The van der Waals surface area contributed by atoms with E-state index in [2.05, 4.69) is 27.8 Å². The van der Waals surface area contributed by atoms with Gasteiger partial charge in [-0.1, -0.05) is 19.1 Å². The van der Waals surface area contributed by atoms with Gasteiger partial charge in [0.15, 0.2) is 5.96 Å². The fourth-order valence-electron chi connectivity index (χ4n) is 4.71. The Hall–Kier alpha value is -1.94. The average molecular weight is 426 g/mol. The fourth-order valence-corrected chi connectivity index (χ4v) is 5.64. The molecule has 9 nitrogen and oxygen atoms in total. The highest BCUT2D eigenvalue weighted by Crippen LogP contribution is 2.52. The molecule has 0 spiro atoms. The highest BCUT2D eigenvalue weighted by Gasteiger charge is 2.58. The molecule has 2 amide bonds. The van der Waals surface area contributed by atoms with Gasteiger partial charge < -0.3 is 10.6 Å². The molecule has 2 bridgehead atoms. The van der Waals surface area contributed by atoms with Gasteiger partial charge in [-0.3, -0.25) is 19.5 Å². The number of carbonyl (C=O) groups excluding carboxylic acids is 2. The zero-order chi connectivity index (χ0) is 21.2. The quantitative estimate of drug-likeness (QED) is 0.171. The van der Waals surface area contributed by atoms with E-state index in [0.29, 0.717) is 45.1 Å². The number of aliphatic imine (C=N–C) groups is 1. The van der Waals surface area contributed by atoms with Crippen LogP contribution in [-0.4, -0.2) is 81.4 Å². The lowest BCUT2D eigenvalue weighted by Gasteiger charge is -2.19. The Morgan fingerprint density at radius 3 is 2.28 bits per heavy atom. The minimum atomic E-state index is -3.18. The topological polar surface area (TPSA) is 111 Å². The summed E-state index contributed by atoms with van der Waals surface area (Å²) in [5.74, 6) is 0.613. The lowest BCUT2D eigenvalue weighted by Crippen LogP contribution is -2.44. The second-order valence-corrected chi connectivity index (χ2v) is 9.84. The maximum Gasteiger partial charge on any atom is 0.233 e. The summed E-state index contributed by atoms with van der Waals surface area (Å²) < 4.78 is 24.6. The molecule has 2 N–H and O–H groups in total. The molecule has 4 atom stereocenters. The third-order valence-corrected chi connectivity index (χ3v) is 7.49. The molecule has 1 aliphatic heterocycles. The van der Waals surface area contributed by atoms with E-state index < -0.39 is 10.0 Å². The standard InChI is InChI=1S/C19H31N5O4S/c1-4-23(29(3,27)28)10-5-8-21-19(20-2)22-9-11-24-17(25)15-13-6-7-14(12-13)16(15)18(24)26/h6-7,13-16H,4-5,8-12H2,1-3H3,(H2,20,21,22). The first-order valence-electron chi connectivity index (χ1n) is 10.2. The number of nitrogens with zero attached hydrogens (tertiary/aromatic N) is 3. The van der Waals surface area contributed by atoms with Crippen molar-refractivity contribution in [1.82, 2.24) is 19.8 Å². The first kappa shape index (κ1) is 21.8. The van der Waals surface area contributed by atoms with Crippen molar-refractivity contribution in [3.63, 3.8) is 0 Å². The van der Waals surface area contributed by atoms with Gasteiger partial charge in [0.05, 0.1) is 18.1 Å². The number of rotatable bonds is 9. The van der Waals surface area contributed by atoms with Crippen LogP contribution >= 0.6 is 0 Å². The highest BCUT2D eigenvalue weighted by atomic mass is 32.2. The molecule has 1 heterocycles. The van der Waals surface area contributed by atoms with Crippen molar-refractivity contribution < 1.29 is 18.0 Å². The number of likely N-dealkylation sites (tertiary alicyclic amines) is 1. The maximum atomic E-state index is 12.7. The molecule has 162 valence electrons. The van der Waals surface area contributed by atoms with E-state index in [4.69, 9.17) is 0 Å². The SMILES string of the molecule is CCN(CCCNC(=NC)NCCN1C(=O)C2C3C=CC(C3)C2C1=O)S(C)(=O)=O. The van der Waals surface area contributed by atoms with E-state index in [0.717, 1.165) is 6.42 Å². The predicted molar refractivity (Wildman–Crippen MR) is 111 cm³/mol. The minimum absolute atomic E-state index is 0.0398. The van der Waals surface area contributed by atoms with Crippen LogP contribution in [0.25, 0.3) is 0 Å². The highest BCUT2D eigenvalue weighted by molar-refractivity contribution is 7.88. The molecule has 0 aromatic rings. The van der Waals surface area contributed by atoms with Crippen molar-refractivity contribution in [2.24, 2.45) is 28.7 Å². The van der Waals surface area contributed by atoms with E-state index in [1.165, 1.54) is 15.5 Å². The molecule has 0 aromatic heterocycles. The van der Waals surface area contributed by atoms with Crippen molar-refractivity contribution in [3.8, 4) is 0 Å². The number of allylic oxidation sites excluding steroid dienone is 2. The van der Waals surface area contributed by atoms with Crippen LogP contribution in [0.3, 0.4) is 0 Å². The Bertz CT molecular complexity index is 779. The fraction of sp³-hybridized carbons (Fsp3) is 0.737. The number of fused-ring (bicyclic) bond motifs is 5. The smallest absolute Gasteiger partial charge is 0.233 e. The Kier molecular flexibility index (Phi) is 6.62. The zero-order valence-electron chi connectivity index (χ0n) is 17.3. The third-order valence-electron chi connectivity index (χ3n) is 6.11. The van der Waals surface area contributed by atoms with Gasteiger partial charge in [0, 0.05) is 39.8 Å². The largest absolute Gasteiger partial charge is 0.356 e. The number of hydrogen-bond acceptors (Lipinski definition) is 5. The molecule has 4 unspecified atom stereocenters. The van der Waals surface area contributed by atoms with Gasteiger partial charge in [-0.2, -0.15) is 0 Å². The number of carbonyl (C=O) groups is 2. The van der Waals surface area contributed by atoms with Gasteiger partial charge >= 0.3 is 0 Å². The minimum Gasteiger partial charge on any atom is -0.356 e. The summed E-state index contributed by atoms with van der Waals surface area (Å²) in [7, 11) is -1.54. The van der Waals surface area contributed by atoms with E-state index in [9.17, 15) is 18.0 Å². The summed E-state index contributed by atoms with van der Waals surface area (Å²) in [6.07, 6.45) is 6.97. The molecule has 3 aliphatic rings. The summed E-state index contributed by atoms with van der Waals surface area (Å²) >= 11 is 0. The van der Waals surface area contributed by atoms with E-state index in [-0.39, 0.29) is 35.5 Å². The molecule has 3 rings (SSSR count). The van der Waals surface area contributed by atoms with Crippen LogP contribution in [0.5, 0.6) is 0 Å². The van der Waals surface area contributed by atoms with Crippen LogP contribution in [0, 0.1) is 23.7 Å². The van der Waals surface area contributed by atoms with Gasteiger partial charge in [0.25, 0.3) is 0 Å². The normalized spacial score (nSPS) is 28.6. The Labute approximate surface area is 172 Å². The molecule has 2 aliphatic carbocycles. The molecule has 0 aromatic carbocycles. The van der Waals surface area contributed by atoms with E-state index >= 15 is 0 Å².